The number of aryl methyl sites for hydroxylation is 1. The largest absolute Gasteiger partial charge is 0.493 e. The van der Waals surface area contributed by atoms with Gasteiger partial charge in [-0.25, -0.2) is 9.97 Å². The van der Waals surface area contributed by atoms with Crippen molar-refractivity contribution in [1.82, 2.24) is 14.9 Å². The van der Waals surface area contributed by atoms with E-state index in [1.807, 2.05) is 37.3 Å². The Morgan fingerprint density at radius 2 is 1.87 bits per heavy atom. The SMILES string of the molecule is COc1ccc(Nc2c(C(=O)N3CCOCC3)cnc3nc(C)ccc23)cc1OC. The summed E-state index contributed by atoms with van der Waals surface area (Å²) in [6.45, 7) is 4.09. The van der Waals surface area contributed by atoms with Gasteiger partial charge >= 0.3 is 0 Å². The van der Waals surface area contributed by atoms with Gasteiger partial charge in [-0.1, -0.05) is 0 Å². The van der Waals surface area contributed by atoms with E-state index in [1.54, 1.807) is 25.3 Å². The zero-order chi connectivity index (χ0) is 21.1. The van der Waals surface area contributed by atoms with Gasteiger partial charge in [0, 0.05) is 42.1 Å². The van der Waals surface area contributed by atoms with Crippen LogP contribution >= 0.6 is 0 Å². The summed E-state index contributed by atoms with van der Waals surface area (Å²) >= 11 is 0. The fourth-order valence-electron chi connectivity index (χ4n) is 3.46. The van der Waals surface area contributed by atoms with Crippen molar-refractivity contribution in [2.24, 2.45) is 0 Å². The lowest BCUT2D eigenvalue weighted by Crippen LogP contribution is -2.41. The lowest BCUT2D eigenvalue weighted by atomic mass is 10.1. The highest BCUT2D eigenvalue weighted by Crippen LogP contribution is 2.34. The molecule has 0 bridgehead atoms. The molecule has 1 aliphatic heterocycles. The minimum absolute atomic E-state index is 0.0868. The smallest absolute Gasteiger partial charge is 0.257 e. The van der Waals surface area contributed by atoms with Crippen LogP contribution in [0.3, 0.4) is 0 Å². The van der Waals surface area contributed by atoms with Gasteiger partial charge in [0.1, 0.15) is 0 Å². The molecule has 3 aromatic rings. The molecule has 1 fully saturated rings. The van der Waals surface area contributed by atoms with Crippen molar-refractivity contribution in [3.63, 3.8) is 0 Å². The highest BCUT2D eigenvalue weighted by Gasteiger charge is 2.23. The van der Waals surface area contributed by atoms with E-state index < -0.39 is 0 Å². The number of methoxy groups -OCH3 is 2. The fourth-order valence-corrected chi connectivity index (χ4v) is 3.46. The maximum Gasteiger partial charge on any atom is 0.257 e. The lowest BCUT2D eigenvalue weighted by Gasteiger charge is -2.27. The molecule has 0 spiro atoms. The summed E-state index contributed by atoms with van der Waals surface area (Å²) in [5.74, 6) is 1.14. The number of anilines is 2. The van der Waals surface area contributed by atoms with E-state index in [9.17, 15) is 4.79 Å². The van der Waals surface area contributed by atoms with Gasteiger partial charge < -0.3 is 24.4 Å². The molecule has 4 rings (SSSR count). The Balaban J connectivity index is 1.80. The van der Waals surface area contributed by atoms with Crippen LogP contribution in [-0.4, -0.2) is 61.3 Å². The molecular weight excluding hydrogens is 384 g/mol. The van der Waals surface area contributed by atoms with Gasteiger partial charge in [-0.15, -0.1) is 0 Å². The fraction of sp³-hybridized carbons (Fsp3) is 0.318. The minimum Gasteiger partial charge on any atom is -0.493 e. The minimum atomic E-state index is -0.0868. The van der Waals surface area contributed by atoms with Crippen LogP contribution in [0.2, 0.25) is 0 Å². The van der Waals surface area contributed by atoms with Crippen LogP contribution in [0.15, 0.2) is 36.5 Å². The average Bonchev–Trinajstić information content (AvgIpc) is 2.79. The second kappa shape index (κ2) is 8.54. The molecule has 0 radical (unpaired) electrons. The number of amides is 1. The Morgan fingerprint density at radius 3 is 2.60 bits per heavy atom. The summed E-state index contributed by atoms with van der Waals surface area (Å²) in [4.78, 5) is 24.0. The number of benzene rings is 1. The summed E-state index contributed by atoms with van der Waals surface area (Å²) in [7, 11) is 3.18. The molecule has 30 heavy (non-hydrogen) atoms. The number of ether oxygens (including phenoxy) is 3. The van der Waals surface area contributed by atoms with Crippen molar-refractivity contribution in [1.29, 1.82) is 0 Å². The van der Waals surface area contributed by atoms with Crippen LogP contribution in [-0.2, 0) is 4.74 Å². The van der Waals surface area contributed by atoms with Crippen molar-refractivity contribution in [3.05, 3.63) is 47.8 Å². The van der Waals surface area contributed by atoms with Crippen molar-refractivity contribution in [2.45, 2.75) is 6.92 Å². The predicted molar refractivity (Wildman–Crippen MR) is 114 cm³/mol. The highest BCUT2D eigenvalue weighted by molar-refractivity contribution is 6.07. The third-order valence-corrected chi connectivity index (χ3v) is 5.05. The van der Waals surface area contributed by atoms with Gasteiger partial charge in [-0.05, 0) is 31.2 Å². The second-order valence-electron chi connectivity index (χ2n) is 6.97. The summed E-state index contributed by atoms with van der Waals surface area (Å²) in [6, 6.07) is 9.36. The number of hydrogen-bond acceptors (Lipinski definition) is 7. The zero-order valence-corrected chi connectivity index (χ0v) is 17.3. The molecule has 0 unspecified atom stereocenters. The maximum atomic E-state index is 13.3. The molecule has 1 amide bonds. The van der Waals surface area contributed by atoms with Crippen LogP contribution in [0.25, 0.3) is 11.0 Å². The Kier molecular flexibility index (Phi) is 5.67. The highest BCUT2D eigenvalue weighted by atomic mass is 16.5. The van der Waals surface area contributed by atoms with E-state index in [1.165, 1.54) is 0 Å². The molecule has 1 N–H and O–H groups in total. The Hall–Kier alpha value is -3.39. The molecule has 1 aromatic carbocycles. The van der Waals surface area contributed by atoms with Crippen LogP contribution in [0.5, 0.6) is 11.5 Å². The first-order valence-corrected chi connectivity index (χ1v) is 9.73. The Labute approximate surface area is 174 Å². The Bertz CT molecular complexity index is 1080. The number of nitrogens with zero attached hydrogens (tertiary/aromatic N) is 3. The van der Waals surface area contributed by atoms with Gasteiger partial charge in [-0.2, -0.15) is 0 Å². The van der Waals surface area contributed by atoms with Crippen molar-refractivity contribution in [2.75, 3.05) is 45.8 Å². The number of aromatic nitrogens is 2. The molecular formula is C22H24N4O4. The number of hydrogen-bond donors (Lipinski definition) is 1. The van der Waals surface area contributed by atoms with E-state index in [0.29, 0.717) is 54.7 Å². The standard InChI is InChI=1S/C22H24N4O4/c1-14-4-6-16-20(25-15-5-7-18(28-2)19(12-15)29-3)17(13-23-21(16)24-14)22(27)26-8-10-30-11-9-26/h4-7,12-13H,8-11H2,1-3H3,(H,23,24,25). The molecule has 8 heteroatoms. The number of morpholine rings is 1. The quantitative estimate of drug-likeness (QED) is 0.694. The zero-order valence-electron chi connectivity index (χ0n) is 17.3. The average molecular weight is 408 g/mol. The summed E-state index contributed by atoms with van der Waals surface area (Å²) in [5, 5.41) is 4.16. The van der Waals surface area contributed by atoms with Gasteiger partial charge in [0.25, 0.3) is 5.91 Å². The number of carbonyl (C=O) groups is 1. The molecule has 1 saturated heterocycles. The summed E-state index contributed by atoms with van der Waals surface area (Å²) in [5.41, 5.74) is 3.36. The third-order valence-electron chi connectivity index (χ3n) is 5.05. The number of rotatable bonds is 5. The molecule has 0 aliphatic carbocycles. The number of pyridine rings is 2. The third kappa shape index (κ3) is 3.86. The molecule has 0 saturated carbocycles. The monoisotopic (exact) mass is 408 g/mol. The van der Waals surface area contributed by atoms with E-state index in [4.69, 9.17) is 14.2 Å². The van der Waals surface area contributed by atoms with Crippen LogP contribution in [0.4, 0.5) is 11.4 Å². The Morgan fingerprint density at radius 1 is 1.10 bits per heavy atom. The van der Waals surface area contributed by atoms with E-state index in [0.717, 1.165) is 16.8 Å². The van der Waals surface area contributed by atoms with Crippen LogP contribution in [0, 0.1) is 6.92 Å². The molecule has 8 nitrogen and oxygen atoms in total. The first-order chi connectivity index (χ1) is 14.6. The predicted octanol–water partition coefficient (Wildman–Crippen LogP) is 3.17. The number of nitrogens with one attached hydrogen (secondary N) is 1. The van der Waals surface area contributed by atoms with E-state index in [-0.39, 0.29) is 5.91 Å². The van der Waals surface area contributed by atoms with Gasteiger partial charge in [0.15, 0.2) is 17.1 Å². The number of fused-ring (bicyclic) bond motifs is 1. The van der Waals surface area contributed by atoms with Gasteiger partial charge in [0.2, 0.25) is 0 Å². The molecule has 156 valence electrons. The second-order valence-corrected chi connectivity index (χ2v) is 6.97. The molecule has 2 aromatic heterocycles. The summed E-state index contributed by atoms with van der Waals surface area (Å²) in [6.07, 6.45) is 1.59. The summed E-state index contributed by atoms with van der Waals surface area (Å²) < 4.78 is 16.1. The normalized spacial score (nSPS) is 13.9. The van der Waals surface area contributed by atoms with Crippen LogP contribution < -0.4 is 14.8 Å². The van der Waals surface area contributed by atoms with Crippen molar-refractivity contribution < 1.29 is 19.0 Å². The van der Waals surface area contributed by atoms with Gasteiger partial charge in [-0.3, -0.25) is 4.79 Å². The van der Waals surface area contributed by atoms with Gasteiger partial charge in [0.05, 0.1) is 38.7 Å². The van der Waals surface area contributed by atoms with Crippen LogP contribution in [0.1, 0.15) is 16.1 Å². The van der Waals surface area contributed by atoms with E-state index >= 15 is 0 Å². The molecule has 0 atom stereocenters. The van der Waals surface area contributed by atoms with E-state index in [2.05, 4.69) is 15.3 Å². The van der Waals surface area contributed by atoms with Crippen molar-refractivity contribution >= 4 is 28.3 Å². The first-order valence-electron chi connectivity index (χ1n) is 9.73. The molecule has 1 aliphatic rings. The topological polar surface area (TPSA) is 85.8 Å². The van der Waals surface area contributed by atoms with Crippen molar-refractivity contribution in [3.8, 4) is 11.5 Å². The maximum absolute atomic E-state index is 13.3. The first kappa shape index (κ1) is 19.9. The number of carbonyl (C=O) groups excluding carboxylic acids is 1. The molecule has 3 heterocycles. The lowest BCUT2D eigenvalue weighted by molar-refractivity contribution is 0.0303.